The van der Waals surface area contributed by atoms with Gasteiger partial charge >= 0.3 is 0 Å². The second-order valence-corrected chi connectivity index (χ2v) is 23.3. The average molecular weight is 864 g/mol. The van der Waals surface area contributed by atoms with Gasteiger partial charge < -0.3 is 14.7 Å². The Balaban J connectivity index is 1.17. The Kier molecular flexibility index (Phi) is 9.53. The molecule has 1 aliphatic carbocycles. The zero-order chi connectivity index (χ0) is 46.1. The van der Waals surface area contributed by atoms with E-state index in [4.69, 9.17) is 0 Å². The number of hydrogen-bond donors (Lipinski definition) is 0. The topological polar surface area (TPSA) is 9.72 Å². The summed E-state index contributed by atoms with van der Waals surface area (Å²) in [6.07, 6.45) is 4.65. The van der Waals surface area contributed by atoms with Gasteiger partial charge in [-0.15, -0.1) is 0 Å². The standard InChI is InChI=1S/C62H66BN3/c1-41-37-55-57-56(38-41)65(47-30-27-43(28-31-47)59(5,6)7)54-40-48(32-33-51(54)63(57)50-21-15-16-22-53(50)64(55)46-19-13-12-14-20-46)66-52-34-29-45(60(8,9)10)39-49(52)62(36-18-17-35-61(62,66)11)44-25-23-42(24-26-44)58(2,3)4/h12-16,19-34,37-40H,17-18,35-36H2,1-11H3. The average Bonchev–Trinajstić information content (AvgIpc) is 3.53. The van der Waals surface area contributed by atoms with Crippen LogP contribution < -0.4 is 31.1 Å². The van der Waals surface area contributed by atoms with Gasteiger partial charge in [0.2, 0.25) is 0 Å². The zero-order valence-corrected chi connectivity index (χ0v) is 41.2. The van der Waals surface area contributed by atoms with Gasteiger partial charge in [-0.05, 0) is 153 Å². The number of nitrogens with zero attached hydrogens (tertiary/aromatic N) is 3. The van der Waals surface area contributed by atoms with Crippen LogP contribution in [0.1, 0.15) is 128 Å². The minimum absolute atomic E-state index is 0.0242. The van der Waals surface area contributed by atoms with E-state index in [1.165, 1.54) is 108 Å². The molecule has 3 aliphatic heterocycles. The minimum Gasteiger partial charge on any atom is -0.334 e. The molecule has 2 atom stereocenters. The van der Waals surface area contributed by atoms with Crippen molar-refractivity contribution >= 4 is 68.6 Å². The number of fused-ring (bicyclic) bond motifs is 7. The highest BCUT2D eigenvalue weighted by Crippen LogP contribution is 2.64. The molecule has 0 aromatic heterocycles. The molecule has 4 aliphatic rings. The predicted molar refractivity (Wildman–Crippen MR) is 284 cm³/mol. The van der Waals surface area contributed by atoms with Crippen LogP contribution in [0.4, 0.5) is 45.5 Å². The van der Waals surface area contributed by atoms with Crippen molar-refractivity contribution in [3.8, 4) is 0 Å². The number of hydrogen-bond acceptors (Lipinski definition) is 3. The van der Waals surface area contributed by atoms with E-state index in [9.17, 15) is 0 Å². The molecule has 1 fully saturated rings. The van der Waals surface area contributed by atoms with Crippen molar-refractivity contribution < 1.29 is 0 Å². The monoisotopic (exact) mass is 864 g/mol. The Bertz CT molecular complexity index is 3020. The molecule has 7 aromatic carbocycles. The van der Waals surface area contributed by atoms with Crippen molar-refractivity contribution in [3.63, 3.8) is 0 Å². The van der Waals surface area contributed by atoms with Gasteiger partial charge in [0.05, 0.1) is 5.54 Å². The van der Waals surface area contributed by atoms with E-state index in [-0.39, 0.29) is 33.9 Å². The normalized spacial score (nSPS) is 19.8. The van der Waals surface area contributed by atoms with Crippen molar-refractivity contribution in [2.75, 3.05) is 14.7 Å². The SMILES string of the molecule is Cc1cc2c3c(c1)N(c1ccc(C(C)(C)C)cc1)c1cc(N4c5ccc(C(C)(C)C)cc5C5(c6ccc(C(C)(C)C)cc6)CCCCC45C)ccc1B3c1ccccc1N2c1ccccc1. The van der Waals surface area contributed by atoms with Gasteiger partial charge in [-0.1, -0.05) is 166 Å². The van der Waals surface area contributed by atoms with Crippen LogP contribution in [-0.2, 0) is 21.7 Å². The summed E-state index contributed by atoms with van der Waals surface area (Å²) >= 11 is 0. The summed E-state index contributed by atoms with van der Waals surface area (Å²) < 4.78 is 0. The lowest BCUT2D eigenvalue weighted by atomic mass is 9.33. The highest BCUT2D eigenvalue weighted by Gasteiger charge is 2.61. The van der Waals surface area contributed by atoms with E-state index in [0.717, 1.165) is 12.8 Å². The lowest BCUT2D eigenvalue weighted by Crippen LogP contribution is -2.61. The van der Waals surface area contributed by atoms with Crippen LogP contribution in [-0.4, -0.2) is 12.3 Å². The maximum Gasteiger partial charge on any atom is 0.252 e. The summed E-state index contributed by atoms with van der Waals surface area (Å²) in [7, 11) is 0. The lowest BCUT2D eigenvalue weighted by Gasteiger charge is -2.52. The molecular formula is C62H66BN3. The Hall–Kier alpha value is -6.00. The molecule has 0 amide bonds. The van der Waals surface area contributed by atoms with Crippen molar-refractivity contribution in [1.29, 1.82) is 0 Å². The molecule has 332 valence electrons. The second kappa shape index (κ2) is 14.8. The van der Waals surface area contributed by atoms with E-state index in [0.29, 0.717) is 0 Å². The van der Waals surface area contributed by atoms with Gasteiger partial charge in [-0.3, -0.25) is 0 Å². The van der Waals surface area contributed by atoms with E-state index >= 15 is 0 Å². The fraction of sp³-hybridized carbons (Fsp3) is 0.323. The summed E-state index contributed by atoms with van der Waals surface area (Å²) in [5, 5.41) is 0. The van der Waals surface area contributed by atoms with E-state index in [1.54, 1.807) is 0 Å². The largest absolute Gasteiger partial charge is 0.334 e. The van der Waals surface area contributed by atoms with Gasteiger partial charge in [0, 0.05) is 50.9 Å². The molecule has 0 spiro atoms. The summed E-state index contributed by atoms with van der Waals surface area (Å²) in [5.41, 5.74) is 22.1. The molecule has 3 heterocycles. The molecule has 1 saturated carbocycles. The molecule has 0 N–H and O–H groups in total. The first-order chi connectivity index (χ1) is 31.4. The number of benzene rings is 7. The number of para-hydroxylation sites is 2. The molecular weight excluding hydrogens is 798 g/mol. The van der Waals surface area contributed by atoms with Gasteiger partial charge in [0.15, 0.2) is 0 Å². The highest BCUT2D eigenvalue weighted by atomic mass is 15.3. The van der Waals surface area contributed by atoms with Crippen LogP contribution in [0.3, 0.4) is 0 Å². The third-order valence-electron chi connectivity index (χ3n) is 16.1. The Morgan fingerprint density at radius 3 is 1.64 bits per heavy atom. The van der Waals surface area contributed by atoms with Crippen LogP contribution in [0.15, 0.2) is 152 Å². The lowest BCUT2D eigenvalue weighted by molar-refractivity contribution is 0.215. The molecule has 11 rings (SSSR count). The molecule has 7 aromatic rings. The summed E-state index contributed by atoms with van der Waals surface area (Å²) in [5.74, 6) is 0. The van der Waals surface area contributed by atoms with Crippen LogP contribution >= 0.6 is 0 Å². The van der Waals surface area contributed by atoms with Crippen molar-refractivity contribution in [1.82, 2.24) is 0 Å². The second-order valence-electron chi connectivity index (χ2n) is 23.3. The van der Waals surface area contributed by atoms with E-state index < -0.39 is 0 Å². The maximum absolute atomic E-state index is 2.80. The van der Waals surface area contributed by atoms with Crippen LogP contribution in [0.25, 0.3) is 0 Å². The summed E-state index contributed by atoms with van der Waals surface area (Å²) in [6.45, 7) is 26.0. The highest BCUT2D eigenvalue weighted by molar-refractivity contribution is 7.00. The van der Waals surface area contributed by atoms with Gasteiger partial charge in [-0.2, -0.15) is 0 Å². The van der Waals surface area contributed by atoms with Gasteiger partial charge in [-0.25, -0.2) is 0 Å². The number of rotatable bonds is 4. The number of anilines is 8. The molecule has 0 saturated heterocycles. The predicted octanol–water partition coefficient (Wildman–Crippen LogP) is 14.7. The first-order valence-corrected chi connectivity index (χ1v) is 24.6. The van der Waals surface area contributed by atoms with E-state index in [2.05, 4.69) is 243 Å². The van der Waals surface area contributed by atoms with Crippen LogP contribution in [0.2, 0.25) is 0 Å². The van der Waals surface area contributed by atoms with Gasteiger partial charge in [0.25, 0.3) is 6.71 Å². The number of aryl methyl sites for hydroxylation is 1. The van der Waals surface area contributed by atoms with E-state index in [1.807, 2.05) is 0 Å². The quantitative estimate of drug-likeness (QED) is 0.163. The zero-order valence-electron chi connectivity index (χ0n) is 41.2. The summed E-state index contributed by atoms with van der Waals surface area (Å²) in [4.78, 5) is 7.91. The smallest absolute Gasteiger partial charge is 0.252 e. The summed E-state index contributed by atoms with van der Waals surface area (Å²) in [6, 6.07) is 59.3. The molecule has 0 bridgehead atoms. The first kappa shape index (κ1) is 42.6. The fourth-order valence-corrected chi connectivity index (χ4v) is 12.6. The van der Waals surface area contributed by atoms with Crippen molar-refractivity contribution in [2.24, 2.45) is 0 Å². The van der Waals surface area contributed by atoms with Crippen LogP contribution in [0.5, 0.6) is 0 Å². The fourth-order valence-electron chi connectivity index (χ4n) is 12.6. The minimum atomic E-state index is -0.204. The van der Waals surface area contributed by atoms with Gasteiger partial charge in [0.1, 0.15) is 0 Å². The molecule has 0 radical (unpaired) electrons. The third kappa shape index (κ3) is 6.30. The third-order valence-corrected chi connectivity index (χ3v) is 16.1. The van der Waals surface area contributed by atoms with Crippen molar-refractivity contribution in [3.05, 3.63) is 185 Å². The Morgan fingerprint density at radius 2 is 0.985 bits per heavy atom. The molecule has 66 heavy (non-hydrogen) atoms. The Morgan fingerprint density at radius 1 is 0.455 bits per heavy atom. The van der Waals surface area contributed by atoms with Crippen LogP contribution in [0, 0.1) is 6.92 Å². The molecule has 3 nitrogen and oxygen atoms in total. The maximum atomic E-state index is 2.80. The molecule has 2 unspecified atom stereocenters. The molecule has 4 heteroatoms. The van der Waals surface area contributed by atoms with Crippen molar-refractivity contribution in [2.45, 2.75) is 129 Å². The first-order valence-electron chi connectivity index (χ1n) is 24.6. The Labute approximate surface area is 395 Å².